The molecule has 0 aliphatic rings. The number of aliphatic hydroxyl groups excluding tert-OH is 1. The number of rotatable bonds is 4. The molecule has 0 saturated heterocycles. The third kappa shape index (κ3) is 2.50. The lowest BCUT2D eigenvalue weighted by atomic mass is 10.0. The Kier molecular flexibility index (Phi) is 3.49. The molecule has 0 bridgehead atoms. The smallest absolute Gasteiger partial charge is 0.232 e. The van der Waals surface area contributed by atoms with Gasteiger partial charge < -0.3 is 9.63 Å². The van der Waals surface area contributed by atoms with Gasteiger partial charge >= 0.3 is 0 Å². The summed E-state index contributed by atoms with van der Waals surface area (Å²) in [5.41, 5.74) is 0.808. The monoisotopic (exact) mass is 233 g/mol. The molecule has 2 unspecified atom stereocenters. The molecule has 0 aromatic carbocycles. The summed E-state index contributed by atoms with van der Waals surface area (Å²) in [5.74, 6) is 0.862. The average molecular weight is 233 g/mol. The summed E-state index contributed by atoms with van der Waals surface area (Å²) in [7, 11) is 0. The van der Waals surface area contributed by atoms with E-state index in [-0.39, 0.29) is 5.92 Å². The molecular weight excluding hydrogens is 218 g/mol. The first kappa shape index (κ1) is 11.7. The van der Waals surface area contributed by atoms with Gasteiger partial charge in [0.25, 0.3) is 0 Å². The van der Waals surface area contributed by atoms with E-state index in [4.69, 9.17) is 4.52 Å². The number of aromatic nitrogens is 3. The van der Waals surface area contributed by atoms with Gasteiger partial charge in [-0.05, 0) is 25.5 Å². The van der Waals surface area contributed by atoms with Gasteiger partial charge in [-0.1, -0.05) is 12.1 Å². The van der Waals surface area contributed by atoms with Crippen LogP contribution >= 0.6 is 0 Å². The second-order valence-electron chi connectivity index (χ2n) is 3.95. The van der Waals surface area contributed by atoms with E-state index in [2.05, 4.69) is 15.1 Å². The molecule has 0 aliphatic carbocycles. The lowest BCUT2D eigenvalue weighted by Gasteiger charge is -2.12. The molecule has 0 amide bonds. The summed E-state index contributed by atoms with van der Waals surface area (Å²) in [6, 6.07) is 3.68. The van der Waals surface area contributed by atoms with Crippen molar-refractivity contribution < 1.29 is 9.63 Å². The summed E-state index contributed by atoms with van der Waals surface area (Å²) in [5, 5.41) is 13.5. The van der Waals surface area contributed by atoms with Crippen molar-refractivity contribution in [2.24, 2.45) is 0 Å². The lowest BCUT2D eigenvalue weighted by molar-refractivity contribution is 0.141. The molecule has 2 aromatic heterocycles. The van der Waals surface area contributed by atoms with E-state index in [0.29, 0.717) is 11.7 Å². The first-order valence-electron chi connectivity index (χ1n) is 5.64. The second kappa shape index (κ2) is 5.05. The molecule has 2 rings (SSSR count). The standard InChI is InChI=1S/C12H15N3O2/c1-3-10(8(2)16)12-14-11(15-17-12)9-5-4-6-13-7-9/h4-8,10,16H,3H2,1-2H3. The van der Waals surface area contributed by atoms with Crippen LogP contribution in [0.4, 0.5) is 0 Å². The van der Waals surface area contributed by atoms with Crippen molar-refractivity contribution in [3.8, 4) is 11.4 Å². The predicted octanol–water partition coefficient (Wildman–Crippen LogP) is 2.01. The van der Waals surface area contributed by atoms with Crippen LogP contribution in [0.1, 0.15) is 32.1 Å². The molecule has 17 heavy (non-hydrogen) atoms. The maximum atomic E-state index is 9.61. The molecule has 0 aliphatic heterocycles. The SMILES string of the molecule is CCC(c1nc(-c2cccnc2)no1)C(C)O. The van der Waals surface area contributed by atoms with E-state index >= 15 is 0 Å². The van der Waals surface area contributed by atoms with Crippen LogP contribution in [0.25, 0.3) is 11.4 Å². The van der Waals surface area contributed by atoms with Crippen molar-refractivity contribution in [3.05, 3.63) is 30.4 Å². The highest BCUT2D eigenvalue weighted by molar-refractivity contribution is 5.51. The molecule has 2 heterocycles. The minimum Gasteiger partial charge on any atom is -0.393 e. The van der Waals surface area contributed by atoms with Gasteiger partial charge in [0.15, 0.2) is 0 Å². The Bertz CT molecular complexity index is 468. The van der Waals surface area contributed by atoms with E-state index in [9.17, 15) is 5.11 Å². The fraction of sp³-hybridized carbons (Fsp3) is 0.417. The van der Waals surface area contributed by atoms with Gasteiger partial charge in [0.05, 0.1) is 12.0 Å². The van der Waals surface area contributed by atoms with Crippen molar-refractivity contribution in [2.45, 2.75) is 32.3 Å². The third-order valence-electron chi connectivity index (χ3n) is 2.70. The summed E-state index contributed by atoms with van der Waals surface area (Å²) < 4.78 is 5.18. The highest BCUT2D eigenvalue weighted by atomic mass is 16.5. The Hall–Kier alpha value is -1.75. The maximum absolute atomic E-state index is 9.61. The normalized spacial score (nSPS) is 14.5. The Labute approximate surface area is 99.5 Å². The van der Waals surface area contributed by atoms with Crippen LogP contribution < -0.4 is 0 Å². The van der Waals surface area contributed by atoms with Gasteiger partial charge in [-0.2, -0.15) is 4.98 Å². The van der Waals surface area contributed by atoms with Crippen LogP contribution in [0.3, 0.4) is 0 Å². The summed E-state index contributed by atoms with van der Waals surface area (Å²) >= 11 is 0. The molecule has 5 nitrogen and oxygen atoms in total. The number of pyridine rings is 1. The minimum absolute atomic E-state index is 0.118. The largest absolute Gasteiger partial charge is 0.393 e. The Morgan fingerprint density at radius 1 is 1.47 bits per heavy atom. The fourth-order valence-electron chi connectivity index (χ4n) is 1.72. The third-order valence-corrected chi connectivity index (χ3v) is 2.70. The van der Waals surface area contributed by atoms with Crippen LogP contribution in [0.5, 0.6) is 0 Å². The van der Waals surface area contributed by atoms with Crippen LogP contribution in [-0.4, -0.2) is 26.3 Å². The highest BCUT2D eigenvalue weighted by Gasteiger charge is 2.22. The van der Waals surface area contributed by atoms with Crippen molar-refractivity contribution >= 4 is 0 Å². The van der Waals surface area contributed by atoms with Crippen LogP contribution in [0.2, 0.25) is 0 Å². The molecule has 2 atom stereocenters. The molecule has 0 saturated carbocycles. The first-order valence-corrected chi connectivity index (χ1v) is 5.64. The molecule has 2 aromatic rings. The van der Waals surface area contributed by atoms with Crippen molar-refractivity contribution in [2.75, 3.05) is 0 Å². The van der Waals surface area contributed by atoms with E-state index in [0.717, 1.165) is 12.0 Å². The van der Waals surface area contributed by atoms with Gasteiger partial charge in [-0.15, -0.1) is 0 Å². The molecule has 0 fully saturated rings. The molecule has 0 spiro atoms. The van der Waals surface area contributed by atoms with Gasteiger partial charge in [0, 0.05) is 18.0 Å². The molecular formula is C12H15N3O2. The van der Waals surface area contributed by atoms with Crippen molar-refractivity contribution in [1.82, 2.24) is 15.1 Å². The number of hydrogen-bond acceptors (Lipinski definition) is 5. The summed E-state index contributed by atoms with van der Waals surface area (Å²) in [6.07, 6.45) is 3.63. The highest BCUT2D eigenvalue weighted by Crippen LogP contribution is 2.24. The van der Waals surface area contributed by atoms with Gasteiger partial charge in [0.1, 0.15) is 0 Å². The predicted molar refractivity (Wildman–Crippen MR) is 62.2 cm³/mol. The zero-order valence-corrected chi connectivity index (χ0v) is 9.87. The van der Waals surface area contributed by atoms with Crippen molar-refractivity contribution in [1.29, 1.82) is 0 Å². The first-order chi connectivity index (χ1) is 8.22. The van der Waals surface area contributed by atoms with Gasteiger partial charge in [-0.3, -0.25) is 4.98 Å². The van der Waals surface area contributed by atoms with Gasteiger partial charge in [0.2, 0.25) is 11.7 Å². The zero-order valence-electron chi connectivity index (χ0n) is 9.87. The van der Waals surface area contributed by atoms with Crippen LogP contribution in [-0.2, 0) is 0 Å². The maximum Gasteiger partial charge on any atom is 0.232 e. The van der Waals surface area contributed by atoms with E-state index in [1.807, 2.05) is 19.1 Å². The van der Waals surface area contributed by atoms with E-state index in [1.165, 1.54) is 0 Å². The number of aliphatic hydroxyl groups is 1. The van der Waals surface area contributed by atoms with Crippen LogP contribution in [0, 0.1) is 0 Å². The lowest BCUT2D eigenvalue weighted by Crippen LogP contribution is -2.13. The minimum atomic E-state index is -0.498. The van der Waals surface area contributed by atoms with Gasteiger partial charge in [-0.25, -0.2) is 0 Å². The average Bonchev–Trinajstić information content (AvgIpc) is 2.80. The quantitative estimate of drug-likeness (QED) is 0.874. The molecule has 5 heteroatoms. The fourth-order valence-corrected chi connectivity index (χ4v) is 1.72. The van der Waals surface area contributed by atoms with Crippen LogP contribution in [0.15, 0.2) is 29.0 Å². The Morgan fingerprint density at radius 2 is 2.29 bits per heavy atom. The Morgan fingerprint density at radius 3 is 2.88 bits per heavy atom. The zero-order chi connectivity index (χ0) is 12.3. The second-order valence-corrected chi connectivity index (χ2v) is 3.95. The topological polar surface area (TPSA) is 72.0 Å². The Balaban J connectivity index is 2.27. The van der Waals surface area contributed by atoms with E-state index in [1.54, 1.807) is 19.3 Å². The molecule has 1 N–H and O–H groups in total. The number of nitrogens with zero attached hydrogens (tertiary/aromatic N) is 3. The van der Waals surface area contributed by atoms with E-state index < -0.39 is 6.10 Å². The molecule has 90 valence electrons. The number of hydrogen-bond donors (Lipinski definition) is 1. The summed E-state index contributed by atoms with van der Waals surface area (Å²) in [4.78, 5) is 8.29. The molecule has 0 radical (unpaired) electrons. The van der Waals surface area contributed by atoms with Crippen molar-refractivity contribution in [3.63, 3.8) is 0 Å². The summed E-state index contributed by atoms with van der Waals surface area (Å²) in [6.45, 7) is 3.70.